The van der Waals surface area contributed by atoms with Crippen LogP contribution in [0.1, 0.15) is 22.1 Å². The molecular weight excluding hydrogens is 745 g/mol. The summed E-state index contributed by atoms with van der Waals surface area (Å²) in [6.45, 7) is 0. The van der Waals surface area contributed by atoms with Gasteiger partial charge in [0.25, 0.3) is 0 Å². The van der Waals surface area contributed by atoms with Crippen molar-refractivity contribution in [2.45, 2.75) is 5.92 Å². The first-order valence-corrected chi connectivity index (χ1v) is 21.2. The maximum absolute atomic E-state index is 5.34. The Labute approximate surface area is 342 Å². The number of hydrogen-bond donors (Lipinski definition) is 0. The lowest BCUT2D eigenvalue weighted by Gasteiger charge is -2.16. The molecule has 0 N–H and O–H groups in total. The Morgan fingerprint density at radius 1 is 0.483 bits per heavy atom. The molecule has 58 heavy (non-hydrogen) atoms. The van der Waals surface area contributed by atoms with Crippen LogP contribution in [-0.4, -0.2) is 20.2 Å². The Morgan fingerprint density at radius 2 is 1.09 bits per heavy atom. The summed E-state index contributed by atoms with van der Waals surface area (Å²) in [5, 5.41) is 5.66. The first kappa shape index (κ1) is 33.2. The molecule has 0 amide bonds. The molecule has 0 radical (unpaired) electrons. The van der Waals surface area contributed by atoms with E-state index >= 15 is 0 Å². The van der Waals surface area contributed by atoms with Gasteiger partial charge in [-0.1, -0.05) is 127 Å². The molecule has 0 aliphatic carbocycles. The summed E-state index contributed by atoms with van der Waals surface area (Å²) < 4.78 is 7.29. The zero-order chi connectivity index (χ0) is 38.2. The molecule has 0 spiro atoms. The van der Waals surface area contributed by atoms with Crippen LogP contribution in [0.4, 0.5) is 11.4 Å². The quantitative estimate of drug-likeness (QED) is 0.158. The molecule has 0 saturated carbocycles. The van der Waals surface area contributed by atoms with Gasteiger partial charge in [0.05, 0.1) is 37.2 Å². The lowest BCUT2D eigenvalue weighted by Crippen LogP contribution is -2.19. The fourth-order valence-electron chi connectivity index (χ4n) is 9.01. The Hall–Kier alpha value is -6.99. The van der Waals surface area contributed by atoms with Gasteiger partial charge in [-0.25, -0.2) is 9.97 Å². The minimum absolute atomic E-state index is 0.0721. The van der Waals surface area contributed by atoms with Crippen LogP contribution in [0, 0.1) is 0 Å². The third kappa shape index (κ3) is 5.09. The van der Waals surface area contributed by atoms with E-state index in [0.717, 1.165) is 54.8 Å². The Bertz CT molecular complexity index is 3340. The van der Waals surface area contributed by atoms with Crippen molar-refractivity contribution in [3.8, 4) is 27.5 Å². The molecule has 8 aromatic carbocycles. The maximum Gasteiger partial charge on any atom is 0.215 e. The summed E-state index contributed by atoms with van der Waals surface area (Å²) in [6, 6.07) is 69.9. The largest absolute Gasteiger partial charge is 0.309 e. The van der Waals surface area contributed by atoms with Crippen molar-refractivity contribution in [3.05, 3.63) is 210 Å². The van der Waals surface area contributed by atoms with Crippen molar-refractivity contribution < 1.29 is 0 Å². The van der Waals surface area contributed by atoms with E-state index in [1.165, 1.54) is 48.1 Å². The first-order valence-electron chi connectivity index (χ1n) is 19.5. The molecule has 1 aliphatic heterocycles. The highest BCUT2D eigenvalue weighted by Crippen LogP contribution is 2.49. The minimum Gasteiger partial charge on any atom is -0.309 e. The molecule has 4 nitrogen and oxygen atoms in total. The number of rotatable bonds is 6. The zero-order valence-corrected chi connectivity index (χ0v) is 32.8. The summed E-state index contributed by atoms with van der Waals surface area (Å²) in [4.78, 5) is 10.6. The normalized spacial score (nSPS) is 14.0. The fourth-order valence-corrected chi connectivity index (χ4v) is 11.1. The molecular formula is C52H33N4S2+. The first-order chi connectivity index (χ1) is 28.8. The smallest absolute Gasteiger partial charge is 0.215 e. The van der Waals surface area contributed by atoms with Gasteiger partial charge in [-0.15, -0.1) is 22.7 Å². The molecule has 6 heteroatoms. The van der Waals surface area contributed by atoms with E-state index < -0.39 is 0 Å². The monoisotopic (exact) mass is 777 g/mol. The van der Waals surface area contributed by atoms with Crippen molar-refractivity contribution in [3.63, 3.8) is 0 Å². The zero-order valence-electron chi connectivity index (χ0n) is 31.2. The second kappa shape index (κ2) is 13.3. The van der Waals surface area contributed by atoms with Crippen LogP contribution in [0.5, 0.6) is 0 Å². The average molecular weight is 778 g/mol. The van der Waals surface area contributed by atoms with Crippen molar-refractivity contribution in [1.82, 2.24) is 19.1 Å². The van der Waals surface area contributed by atoms with E-state index in [4.69, 9.17) is 9.97 Å². The Balaban J connectivity index is 1.18. The Kier molecular flexibility index (Phi) is 7.61. The van der Waals surface area contributed by atoms with Gasteiger partial charge in [0, 0.05) is 46.0 Å². The van der Waals surface area contributed by atoms with Crippen LogP contribution >= 0.6 is 22.7 Å². The molecule has 272 valence electrons. The van der Waals surface area contributed by atoms with E-state index in [9.17, 15) is 0 Å². The number of thiazole rings is 2. The number of nitrogens with zero attached hydrogens (tertiary/aromatic N) is 4. The number of hydrogen-bond acceptors (Lipinski definition) is 4. The molecule has 1 aliphatic rings. The fraction of sp³-hybridized carbons (Fsp3) is 0.0192. The molecule has 1 atom stereocenters. The second-order valence-electron chi connectivity index (χ2n) is 14.7. The van der Waals surface area contributed by atoms with Gasteiger partial charge in [0.1, 0.15) is 15.9 Å². The van der Waals surface area contributed by atoms with Gasteiger partial charge in [0.2, 0.25) is 17.1 Å². The van der Waals surface area contributed by atoms with Crippen molar-refractivity contribution in [2.75, 3.05) is 0 Å². The molecule has 0 saturated heterocycles. The summed E-state index contributed by atoms with van der Waals surface area (Å²) in [5.41, 5.74) is 13.7. The van der Waals surface area contributed by atoms with Gasteiger partial charge in [-0.3, -0.25) is 0 Å². The topological polar surface area (TPSA) is 33.7 Å². The van der Waals surface area contributed by atoms with Crippen LogP contribution < -0.4 is 4.58 Å². The van der Waals surface area contributed by atoms with Crippen molar-refractivity contribution >= 4 is 81.9 Å². The number of fused-ring (bicyclic) bond motifs is 5. The summed E-state index contributed by atoms with van der Waals surface area (Å²) >= 11 is 3.56. The Morgan fingerprint density at radius 3 is 1.86 bits per heavy atom. The lowest BCUT2D eigenvalue weighted by molar-refractivity contribution is 1.07. The van der Waals surface area contributed by atoms with Gasteiger partial charge < -0.3 is 4.57 Å². The molecule has 12 rings (SSSR count). The lowest BCUT2D eigenvalue weighted by atomic mass is 9.88. The van der Waals surface area contributed by atoms with Crippen molar-refractivity contribution in [2.24, 2.45) is 0 Å². The SMILES string of the molecule is c1ccc(-n2c(-c3cccc4c(C5=[N+](c6ccccc6)c6ccccc6C5c5nc6ccccc6s5)cccc34)c(-c3nc4ccccc4s3)c3ccccc32)cc1. The third-order valence-corrected chi connectivity index (χ3v) is 13.6. The predicted molar refractivity (Wildman–Crippen MR) is 245 cm³/mol. The summed E-state index contributed by atoms with van der Waals surface area (Å²) in [7, 11) is 0. The number of para-hydroxylation sites is 6. The molecule has 4 heterocycles. The summed E-state index contributed by atoms with van der Waals surface area (Å²) in [6.07, 6.45) is 0. The van der Waals surface area contributed by atoms with Crippen LogP contribution in [0.3, 0.4) is 0 Å². The maximum atomic E-state index is 5.34. The van der Waals surface area contributed by atoms with E-state index in [2.05, 4.69) is 203 Å². The van der Waals surface area contributed by atoms with E-state index in [1.807, 2.05) is 0 Å². The number of benzene rings is 8. The van der Waals surface area contributed by atoms with Crippen LogP contribution in [0.25, 0.3) is 69.6 Å². The van der Waals surface area contributed by atoms with E-state index in [-0.39, 0.29) is 5.92 Å². The molecule has 3 aromatic heterocycles. The van der Waals surface area contributed by atoms with Gasteiger partial charge in [0.15, 0.2) is 0 Å². The van der Waals surface area contributed by atoms with E-state index in [0.29, 0.717) is 0 Å². The summed E-state index contributed by atoms with van der Waals surface area (Å²) in [5.74, 6) is -0.0721. The molecule has 11 aromatic rings. The standard InChI is InChI=1S/C52H33N4S2/c1-3-17-33(18-4-1)55-43-29-11-7-21-39(43)47(51-53-41-27-9-13-31-45(41)57-51)49(55)37-25-15-24-36-35(37)23-16-26-38(36)50-48(52-54-42-28-10-14-32-46(42)58-52)40-22-8-12-30-44(40)56(50)34-19-5-2-6-20-34/h1-32,47H/q+1. The molecule has 1 unspecified atom stereocenters. The van der Waals surface area contributed by atoms with Crippen LogP contribution in [-0.2, 0) is 0 Å². The molecule has 0 bridgehead atoms. The number of aromatic nitrogens is 3. The van der Waals surface area contributed by atoms with Gasteiger partial charge >= 0.3 is 0 Å². The minimum atomic E-state index is -0.0721. The molecule has 0 fully saturated rings. The van der Waals surface area contributed by atoms with Crippen molar-refractivity contribution in [1.29, 1.82) is 0 Å². The highest BCUT2D eigenvalue weighted by Gasteiger charge is 2.44. The average Bonchev–Trinajstić information content (AvgIpc) is 4.07. The van der Waals surface area contributed by atoms with Crippen LogP contribution in [0.2, 0.25) is 0 Å². The highest BCUT2D eigenvalue weighted by molar-refractivity contribution is 7.21. The van der Waals surface area contributed by atoms with Gasteiger partial charge in [-0.05, 0) is 59.3 Å². The third-order valence-electron chi connectivity index (χ3n) is 11.4. The van der Waals surface area contributed by atoms with E-state index in [1.54, 1.807) is 22.7 Å². The van der Waals surface area contributed by atoms with Gasteiger partial charge in [-0.2, -0.15) is 4.58 Å². The second-order valence-corrected chi connectivity index (χ2v) is 16.8. The van der Waals surface area contributed by atoms with Crippen LogP contribution in [0.15, 0.2) is 194 Å². The highest BCUT2D eigenvalue weighted by atomic mass is 32.1. The predicted octanol–water partition coefficient (Wildman–Crippen LogP) is 13.8.